The average molecular weight is 489 g/mol. The second kappa shape index (κ2) is 10.2. The third-order valence-electron chi connectivity index (χ3n) is 6.73. The van der Waals surface area contributed by atoms with E-state index in [0.717, 1.165) is 40.0 Å². The number of benzene rings is 2. The second-order valence-corrected chi connectivity index (χ2v) is 10.4. The van der Waals surface area contributed by atoms with Gasteiger partial charge in [-0.25, -0.2) is 4.68 Å². The van der Waals surface area contributed by atoms with Crippen LogP contribution in [0.15, 0.2) is 47.3 Å². The van der Waals surface area contributed by atoms with Crippen LogP contribution in [0.25, 0.3) is 10.9 Å². The van der Waals surface area contributed by atoms with Crippen LogP contribution < -0.4 is 10.3 Å². The van der Waals surface area contributed by atoms with Crippen LogP contribution in [0.4, 0.5) is 0 Å². The monoisotopic (exact) mass is 488 g/mol. The lowest BCUT2D eigenvalue weighted by Gasteiger charge is -2.32. The molecule has 0 saturated carbocycles. The predicted molar refractivity (Wildman–Crippen MR) is 142 cm³/mol. The van der Waals surface area contributed by atoms with Crippen molar-refractivity contribution in [2.75, 3.05) is 7.11 Å². The fourth-order valence-electron chi connectivity index (χ4n) is 4.67. The minimum absolute atomic E-state index is 0.0824. The molecule has 2 aromatic heterocycles. The number of nitrogens with zero attached hydrogens (tertiary/aromatic N) is 5. The summed E-state index contributed by atoms with van der Waals surface area (Å²) in [6, 6.07) is 14.0. The summed E-state index contributed by atoms with van der Waals surface area (Å²) in [6.07, 6.45) is 0.773. The van der Waals surface area contributed by atoms with Crippen LogP contribution >= 0.6 is 0 Å². The van der Waals surface area contributed by atoms with Gasteiger partial charge in [0.05, 0.1) is 18.7 Å². The number of fused-ring (bicyclic) bond motifs is 1. The zero-order valence-electron chi connectivity index (χ0n) is 22.3. The van der Waals surface area contributed by atoms with Crippen molar-refractivity contribution in [2.45, 2.75) is 72.6 Å². The van der Waals surface area contributed by atoms with E-state index in [1.165, 1.54) is 5.56 Å². The Morgan fingerprint density at radius 3 is 2.44 bits per heavy atom. The first-order valence-electron chi connectivity index (χ1n) is 12.4. The Bertz CT molecular complexity index is 1420. The normalized spacial score (nSPS) is 12.9. The highest BCUT2D eigenvalue weighted by Gasteiger charge is 2.30. The van der Waals surface area contributed by atoms with Crippen LogP contribution in [0.2, 0.25) is 0 Å². The van der Waals surface area contributed by atoms with E-state index in [2.05, 4.69) is 79.1 Å². The minimum Gasteiger partial charge on any atom is -0.496 e. The third-order valence-corrected chi connectivity index (χ3v) is 6.73. The molecule has 0 aliphatic carbocycles. The van der Waals surface area contributed by atoms with E-state index in [-0.39, 0.29) is 17.1 Å². The van der Waals surface area contributed by atoms with Crippen molar-refractivity contribution in [1.82, 2.24) is 30.1 Å². The van der Waals surface area contributed by atoms with E-state index in [0.29, 0.717) is 18.7 Å². The molecule has 0 aliphatic heterocycles. The molecule has 8 nitrogen and oxygen atoms in total. The number of nitrogens with one attached hydrogen (secondary N) is 1. The molecule has 0 unspecified atom stereocenters. The van der Waals surface area contributed by atoms with Gasteiger partial charge < -0.3 is 9.72 Å². The number of ether oxygens (including phenoxy) is 1. The fraction of sp³-hybridized carbons (Fsp3) is 0.429. The summed E-state index contributed by atoms with van der Waals surface area (Å²) in [5.74, 6) is 1.59. The highest BCUT2D eigenvalue weighted by molar-refractivity contribution is 5.80. The number of aryl methyl sites for hydroxylation is 2. The van der Waals surface area contributed by atoms with Gasteiger partial charge >= 0.3 is 0 Å². The lowest BCUT2D eigenvalue weighted by atomic mass is 10.0. The first-order chi connectivity index (χ1) is 17.1. The van der Waals surface area contributed by atoms with Gasteiger partial charge in [0.25, 0.3) is 5.56 Å². The number of methoxy groups -OCH3 is 1. The van der Waals surface area contributed by atoms with Gasteiger partial charge in [-0.05, 0) is 92.2 Å². The molecule has 0 spiro atoms. The van der Waals surface area contributed by atoms with E-state index in [4.69, 9.17) is 4.74 Å². The average Bonchev–Trinajstić information content (AvgIpc) is 3.32. The molecule has 0 saturated heterocycles. The molecule has 8 heteroatoms. The molecule has 0 aliphatic rings. The second-order valence-electron chi connectivity index (χ2n) is 10.4. The van der Waals surface area contributed by atoms with Gasteiger partial charge in [-0.2, -0.15) is 0 Å². The van der Waals surface area contributed by atoms with Gasteiger partial charge in [0.2, 0.25) is 0 Å². The number of aromatic nitrogens is 5. The first kappa shape index (κ1) is 25.6. The van der Waals surface area contributed by atoms with Crippen molar-refractivity contribution in [1.29, 1.82) is 0 Å². The van der Waals surface area contributed by atoms with Crippen molar-refractivity contribution in [3.8, 4) is 5.75 Å². The molecule has 36 heavy (non-hydrogen) atoms. The van der Waals surface area contributed by atoms with Crippen LogP contribution in [0, 0.1) is 13.8 Å². The third kappa shape index (κ3) is 5.18. The Hall–Kier alpha value is -3.52. The highest BCUT2D eigenvalue weighted by Crippen LogP contribution is 2.31. The van der Waals surface area contributed by atoms with Gasteiger partial charge in [-0.15, -0.1) is 5.10 Å². The van der Waals surface area contributed by atoms with Crippen molar-refractivity contribution < 1.29 is 4.74 Å². The van der Waals surface area contributed by atoms with Gasteiger partial charge in [0.1, 0.15) is 5.75 Å². The van der Waals surface area contributed by atoms with Crippen molar-refractivity contribution in [3.05, 3.63) is 80.9 Å². The Labute approximate surface area is 212 Å². The SMILES string of the molecule is CC[C@@H](c1nnnn1C(C)(C)C)N(Cc1ccccc1OC)Cc1cc2cc(C)c(C)cc2[nH]c1=O. The first-order valence-corrected chi connectivity index (χ1v) is 12.4. The summed E-state index contributed by atoms with van der Waals surface area (Å²) in [5, 5.41) is 13.8. The van der Waals surface area contributed by atoms with Crippen LogP contribution in [-0.4, -0.2) is 37.2 Å². The van der Waals surface area contributed by atoms with Gasteiger partial charge in [0.15, 0.2) is 5.82 Å². The van der Waals surface area contributed by atoms with Gasteiger partial charge in [0, 0.05) is 29.7 Å². The number of H-pyrrole nitrogens is 1. The maximum atomic E-state index is 13.2. The number of para-hydroxylation sites is 1. The molecule has 0 radical (unpaired) electrons. The van der Waals surface area contributed by atoms with Crippen LogP contribution in [0.3, 0.4) is 0 Å². The molecule has 1 atom stereocenters. The lowest BCUT2D eigenvalue weighted by Crippen LogP contribution is -2.35. The summed E-state index contributed by atoms with van der Waals surface area (Å²) < 4.78 is 7.53. The number of pyridine rings is 1. The Morgan fingerprint density at radius 2 is 1.75 bits per heavy atom. The summed E-state index contributed by atoms with van der Waals surface area (Å²) in [7, 11) is 1.68. The number of hydrogen-bond acceptors (Lipinski definition) is 6. The number of rotatable bonds is 8. The Balaban J connectivity index is 1.81. The minimum atomic E-state index is -0.280. The fourth-order valence-corrected chi connectivity index (χ4v) is 4.67. The molecule has 4 rings (SSSR count). The summed E-state index contributed by atoms with van der Waals surface area (Å²) in [6.45, 7) is 13.5. The number of hydrogen-bond donors (Lipinski definition) is 1. The van der Waals surface area contributed by atoms with Crippen molar-refractivity contribution in [2.24, 2.45) is 0 Å². The zero-order chi connectivity index (χ0) is 26.0. The van der Waals surface area contributed by atoms with E-state index >= 15 is 0 Å². The lowest BCUT2D eigenvalue weighted by molar-refractivity contribution is 0.152. The summed E-state index contributed by atoms with van der Waals surface area (Å²) in [4.78, 5) is 18.6. The Morgan fingerprint density at radius 1 is 1.06 bits per heavy atom. The zero-order valence-corrected chi connectivity index (χ0v) is 22.3. The largest absolute Gasteiger partial charge is 0.496 e. The molecule has 4 aromatic rings. The molecule has 0 fully saturated rings. The van der Waals surface area contributed by atoms with E-state index in [1.54, 1.807) is 7.11 Å². The molecule has 0 amide bonds. The predicted octanol–water partition coefficient (Wildman–Crippen LogP) is 5.05. The maximum absolute atomic E-state index is 13.2. The molecule has 2 heterocycles. The van der Waals surface area contributed by atoms with Crippen LogP contribution in [0.5, 0.6) is 5.75 Å². The molecule has 1 N–H and O–H groups in total. The summed E-state index contributed by atoms with van der Waals surface area (Å²) in [5.41, 5.74) is 4.59. The standard InChI is InChI=1S/C28H36N6O2/c1-8-24(26-30-31-32-34(26)28(4,5)6)33(16-20-11-9-10-12-25(20)36-7)17-22-15-21-13-18(2)19(3)14-23(21)29-27(22)35/h9-15,24H,8,16-17H2,1-7H3,(H,29,35)/t24-/m0/s1. The van der Waals surface area contributed by atoms with Crippen LogP contribution in [0.1, 0.15) is 68.2 Å². The molecule has 0 bridgehead atoms. The smallest absolute Gasteiger partial charge is 0.252 e. The molecule has 190 valence electrons. The van der Waals surface area contributed by atoms with Gasteiger partial charge in [-0.3, -0.25) is 9.69 Å². The number of tetrazole rings is 1. The van der Waals surface area contributed by atoms with Crippen molar-refractivity contribution in [3.63, 3.8) is 0 Å². The summed E-state index contributed by atoms with van der Waals surface area (Å²) >= 11 is 0. The molecular weight excluding hydrogens is 452 g/mol. The van der Waals surface area contributed by atoms with E-state index < -0.39 is 0 Å². The topological polar surface area (TPSA) is 88.9 Å². The quantitative estimate of drug-likeness (QED) is 0.373. The van der Waals surface area contributed by atoms with Gasteiger partial charge in [-0.1, -0.05) is 25.1 Å². The van der Waals surface area contributed by atoms with Crippen LogP contribution in [-0.2, 0) is 18.6 Å². The number of aromatic amines is 1. The molecular formula is C28H36N6O2. The maximum Gasteiger partial charge on any atom is 0.252 e. The van der Waals surface area contributed by atoms with E-state index in [9.17, 15) is 4.79 Å². The highest BCUT2D eigenvalue weighted by atomic mass is 16.5. The Kier molecular flexibility index (Phi) is 7.26. The molecule has 2 aromatic carbocycles. The van der Waals surface area contributed by atoms with E-state index in [1.807, 2.05) is 35.0 Å². The van der Waals surface area contributed by atoms with Crippen molar-refractivity contribution >= 4 is 10.9 Å².